The van der Waals surface area contributed by atoms with Gasteiger partial charge in [0.2, 0.25) is 0 Å². The van der Waals surface area contributed by atoms with Crippen LogP contribution < -0.4 is 14.9 Å². The van der Waals surface area contributed by atoms with E-state index in [1.807, 2.05) is 12.1 Å². The molecular formula is C10H13BrN2O2. The lowest BCUT2D eigenvalue weighted by atomic mass is 10.2. The summed E-state index contributed by atoms with van der Waals surface area (Å²) in [6.07, 6.45) is 1.69. The van der Waals surface area contributed by atoms with Crippen LogP contribution in [0.3, 0.4) is 0 Å². The van der Waals surface area contributed by atoms with Crippen molar-refractivity contribution in [1.82, 2.24) is 5.43 Å². The van der Waals surface area contributed by atoms with Crippen LogP contribution in [0, 0.1) is 0 Å². The summed E-state index contributed by atoms with van der Waals surface area (Å²) in [5, 5.41) is 3.92. The number of hydrogen-bond acceptors (Lipinski definition) is 4. The second-order valence-corrected chi connectivity index (χ2v) is 3.51. The van der Waals surface area contributed by atoms with Crippen LogP contribution in [-0.4, -0.2) is 27.5 Å². The van der Waals surface area contributed by atoms with Crippen LogP contribution in [0.15, 0.2) is 21.7 Å². The van der Waals surface area contributed by atoms with Crippen LogP contribution in [-0.2, 0) is 0 Å². The van der Waals surface area contributed by atoms with Crippen LogP contribution in [0.5, 0.6) is 11.5 Å². The van der Waals surface area contributed by atoms with E-state index in [9.17, 15) is 0 Å². The van der Waals surface area contributed by atoms with Crippen LogP contribution in [0.2, 0.25) is 0 Å². The first-order valence-corrected chi connectivity index (χ1v) is 5.13. The van der Waals surface area contributed by atoms with Gasteiger partial charge in [-0.2, -0.15) is 5.10 Å². The Balaban J connectivity index is 3.14. The second-order valence-electron chi connectivity index (χ2n) is 2.72. The Kier molecular flexibility index (Phi) is 4.42. The van der Waals surface area contributed by atoms with Crippen LogP contribution in [0.1, 0.15) is 5.56 Å². The van der Waals surface area contributed by atoms with Gasteiger partial charge in [0.05, 0.1) is 20.4 Å². The molecule has 1 rings (SSSR count). The summed E-state index contributed by atoms with van der Waals surface area (Å²) in [5.74, 6) is 1.43. The molecule has 0 spiro atoms. The van der Waals surface area contributed by atoms with Gasteiger partial charge < -0.3 is 14.9 Å². The highest BCUT2D eigenvalue weighted by atomic mass is 79.9. The fourth-order valence-electron chi connectivity index (χ4n) is 1.10. The molecule has 1 N–H and O–H groups in total. The molecule has 1 aromatic rings. The van der Waals surface area contributed by atoms with Crippen molar-refractivity contribution in [3.8, 4) is 11.5 Å². The van der Waals surface area contributed by atoms with Gasteiger partial charge >= 0.3 is 0 Å². The number of halogens is 1. The summed E-state index contributed by atoms with van der Waals surface area (Å²) in [5.41, 5.74) is 3.59. The molecule has 0 saturated carbocycles. The molecule has 0 bridgehead atoms. The van der Waals surface area contributed by atoms with Crippen molar-refractivity contribution in [2.75, 3.05) is 21.3 Å². The molecule has 0 saturated heterocycles. The smallest absolute Gasteiger partial charge is 0.137 e. The zero-order valence-corrected chi connectivity index (χ0v) is 10.5. The van der Waals surface area contributed by atoms with E-state index >= 15 is 0 Å². The number of ether oxygens (including phenoxy) is 2. The number of methoxy groups -OCH3 is 2. The average molecular weight is 273 g/mol. The second kappa shape index (κ2) is 5.60. The third-order valence-electron chi connectivity index (χ3n) is 1.81. The van der Waals surface area contributed by atoms with Gasteiger partial charge in [0.1, 0.15) is 16.0 Å². The summed E-state index contributed by atoms with van der Waals surface area (Å²) in [6.45, 7) is 0. The molecule has 0 radical (unpaired) electrons. The quantitative estimate of drug-likeness (QED) is 0.674. The van der Waals surface area contributed by atoms with Crippen molar-refractivity contribution in [3.05, 3.63) is 22.2 Å². The first kappa shape index (κ1) is 11.8. The SMILES string of the molecule is CN/N=C/c1cc(OC)c(Br)c(OC)c1. The zero-order chi connectivity index (χ0) is 11.3. The van der Waals surface area contributed by atoms with E-state index in [1.54, 1.807) is 27.5 Å². The van der Waals surface area contributed by atoms with E-state index in [-0.39, 0.29) is 0 Å². The molecule has 1 aromatic carbocycles. The van der Waals surface area contributed by atoms with Crippen molar-refractivity contribution >= 4 is 22.1 Å². The molecule has 15 heavy (non-hydrogen) atoms. The Hall–Kier alpha value is -1.23. The summed E-state index contributed by atoms with van der Waals surface area (Å²) in [4.78, 5) is 0. The van der Waals surface area contributed by atoms with E-state index < -0.39 is 0 Å². The van der Waals surface area contributed by atoms with Gasteiger partial charge in [-0.05, 0) is 28.1 Å². The predicted octanol–water partition coefficient (Wildman–Crippen LogP) is 2.02. The van der Waals surface area contributed by atoms with E-state index in [2.05, 4.69) is 26.5 Å². The topological polar surface area (TPSA) is 42.9 Å². The third-order valence-corrected chi connectivity index (χ3v) is 2.59. The molecule has 0 atom stereocenters. The Morgan fingerprint density at radius 1 is 1.27 bits per heavy atom. The van der Waals surface area contributed by atoms with Crippen molar-refractivity contribution in [2.45, 2.75) is 0 Å². The van der Waals surface area contributed by atoms with E-state index in [4.69, 9.17) is 9.47 Å². The molecule has 0 amide bonds. The minimum Gasteiger partial charge on any atom is -0.495 e. The van der Waals surface area contributed by atoms with Crippen LogP contribution >= 0.6 is 15.9 Å². The number of nitrogens with zero attached hydrogens (tertiary/aromatic N) is 1. The fourth-order valence-corrected chi connectivity index (χ4v) is 1.66. The molecule has 5 heteroatoms. The van der Waals surface area contributed by atoms with Gasteiger partial charge in [0.25, 0.3) is 0 Å². The monoisotopic (exact) mass is 272 g/mol. The van der Waals surface area contributed by atoms with E-state index in [0.29, 0.717) is 11.5 Å². The zero-order valence-electron chi connectivity index (χ0n) is 8.87. The number of benzene rings is 1. The van der Waals surface area contributed by atoms with Crippen molar-refractivity contribution in [2.24, 2.45) is 5.10 Å². The fraction of sp³-hybridized carbons (Fsp3) is 0.300. The molecule has 0 aliphatic rings. The molecular weight excluding hydrogens is 260 g/mol. The molecule has 0 aliphatic heterocycles. The number of nitrogens with one attached hydrogen (secondary N) is 1. The maximum atomic E-state index is 5.20. The Morgan fingerprint density at radius 3 is 2.20 bits per heavy atom. The lowest BCUT2D eigenvalue weighted by Crippen LogP contribution is -1.97. The first-order valence-electron chi connectivity index (χ1n) is 4.34. The molecule has 0 aromatic heterocycles. The van der Waals surface area contributed by atoms with Gasteiger partial charge in [0.15, 0.2) is 0 Å². The Morgan fingerprint density at radius 2 is 1.80 bits per heavy atom. The Labute approximate surface area is 97.4 Å². The summed E-state index contributed by atoms with van der Waals surface area (Å²) >= 11 is 3.39. The van der Waals surface area contributed by atoms with E-state index in [0.717, 1.165) is 10.0 Å². The van der Waals surface area contributed by atoms with Crippen LogP contribution in [0.25, 0.3) is 0 Å². The van der Waals surface area contributed by atoms with Crippen molar-refractivity contribution in [1.29, 1.82) is 0 Å². The highest BCUT2D eigenvalue weighted by Gasteiger charge is 2.08. The number of rotatable bonds is 4. The highest BCUT2D eigenvalue weighted by molar-refractivity contribution is 9.10. The molecule has 82 valence electrons. The predicted molar refractivity (Wildman–Crippen MR) is 63.9 cm³/mol. The minimum absolute atomic E-state index is 0.715. The molecule has 0 aliphatic carbocycles. The average Bonchev–Trinajstić information content (AvgIpc) is 2.27. The maximum Gasteiger partial charge on any atom is 0.137 e. The molecule has 4 nitrogen and oxygen atoms in total. The van der Waals surface area contributed by atoms with Gasteiger partial charge in [-0.15, -0.1) is 0 Å². The van der Waals surface area contributed by atoms with Gasteiger partial charge in [0, 0.05) is 12.6 Å². The van der Waals surface area contributed by atoms with Gasteiger partial charge in [-0.1, -0.05) is 0 Å². The standard InChI is InChI=1S/C10H13BrN2O2/c1-12-13-6-7-4-8(14-2)10(11)9(5-7)15-3/h4-6,12H,1-3H3/b13-6+. The summed E-state index contributed by atoms with van der Waals surface area (Å²) in [7, 11) is 4.96. The van der Waals surface area contributed by atoms with Crippen molar-refractivity contribution in [3.63, 3.8) is 0 Å². The minimum atomic E-state index is 0.715. The van der Waals surface area contributed by atoms with Crippen LogP contribution in [0.4, 0.5) is 0 Å². The molecule has 0 fully saturated rings. The molecule has 0 unspecified atom stereocenters. The lowest BCUT2D eigenvalue weighted by molar-refractivity contribution is 0.389. The number of hydrazone groups is 1. The van der Waals surface area contributed by atoms with Gasteiger partial charge in [-0.25, -0.2) is 0 Å². The normalized spacial score (nSPS) is 10.4. The summed E-state index contributed by atoms with van der Waals surface area (Å²) in [6, 6.07) is 3.74. The largest absolute Gasteiger partial charge is 0.495 e. The Bertz CT molecular complexity index is 341. The summed E-state index contributed by atoms with van der Waals surface area (Å²) < 4.78 is 11.2. The van der Waals surface area contributed by atoms with Gasteiger partial charge in [-0.3, -0.25) is 0 Å². The highest BCUT2D eigenvalue weighted by Crippen LogP contribution is 2.35. The van der Waals surface area contributed by atoms with Crippen molar-refractivity contribution < 1.29 is 9.47 Å². The lowest BCUT2D eigenvalue weighted by Gasteiger charge is -2.09. The third kappa shape index (κ3) is 2.86. The first-order chi connectivity index (χ1) is 7.22. The molecule has 0 heterocycles. The van der Waals surface area contributed by atoms with E-state index in [1.165, 1.54) is 0 Å². The number of hydrogen-bond donors (Lipinski definition) is 1. The maximum absolute atomic E-state index is 5.20.